The molecule has 1 amide bonds. The van der Waals surface area contributed by atoms with E-state index in [4.69, 9.17) is 0 Å². The van der Waals surface area contributed by atoms with Crippen molar-refractivity contribution in [1.29, 1.82) is 0 Å². The van der Waals surface area contributed by atoms with Gasteiger partial charge in [-0.25, -0.2) is 4.98 Å². The van der Waals surface area contributed by atoms with E-state index in [1.165, 1.54) is 0 Å². The molecule has 0 radical (unpaired) electrons. The van der Waals surface area contributed by atoms with Crippen LogP contribution in [0.2, 0.25) is 0 Å². The SMILES string of the molecule is CCC1(C(=O)O)CCCN(C(=O)c2cn(C)cn2)C1. The summed E-state index contributed by atoms with van der Waals surface area (Å²) < 4.78 is 1.71. The fourth-order valence-electron chi connectivity index (χ4n) is 2.60. The van der Waals surface area contributed by atoms with Crippen molar-refractivity contribution in [3.05, 3.63) is 18.2 Å². The van der Waals surface area contributed by atoms with E-state index >= 15 is 0 Å². The Morgan fingerprint density at radius 1 is 1.53 bits per heavy atom. The third-order valence-electron chi connectivity index (χ3n) is 3.92. The van der Waals surface area contributed by atoms with E-state index in [-0.39, 0.29) is 12.5 Å². The number of hydrogen-bond donors (Lipinski definition) is 1. The van der Waals surface area contributed by atoms with Crippen molar-refractivity contribution >= 4 is 11.9 Å². The van der Waals surface area contributed by atoms with Gasteiger partial charge in [0.15, 0.2) is 0 Å². The first-order chi connectivity index (χ1) is 8.98. The molecule has 0 aliphatic carbocycles. The molecule has 0 saturated carbocycles. The highest BCUT2D eigenvalue weighted by Gasteiger charge is 2.42. The molecular formula is C13H19N3O3. The van der Waals surface area contributed by atoms with E-state index in [2.05, 4.69) is 4.98 Å². The number of hydrogen-bond acceptors (Lipinski definition) is 3. The quantitative estimate of drug-likeness (QED) is 0.889. The van der Waals surface area contributed by atoms with E-state index in [1.807, 2.05) is 6.92 Å². The summed E-state index contributed by atoms with van der Waals surface area (Å²) in [6, 6.07) is 0. The molecule has 2 heterocycles. The van der Waals surface area contributed by atoms with Crippen LogP contribution in [-0.2, 0) is 11.8 Å². The average Bonchev–Trinajstić information content (AvgIpc) is 2.84. The fraction of sp³-hybridized carbons (Fsp3) is 0.615. The predicted octanol–water partition coefficient (Wildman–Crippen LogP) is 1.14. The van der Waals surface area contributed by atoms with Gasteiger partial charge in [0.25, 0.3) is 5.91 Å². The normalized spacial score (nSPS) is 23.4. The second-order valence-corrected chi connectivity index (χ2v) is 5.19. The van der Waals surface area contributed by atoms with Crippen molar-refractivity contribution in [3.8, 4) is 0 Å². The molecule has 1 aliphatic heterocycles. The van der Waals surface area contributed by atoms with E-state index in [0.29, 0.717) is 25.1 Å². The third kappa shape index (κ3) is 2.47. The minimum absolute atomic E-state index is 0.181. The van der Waals surface area contributed by atoms with Gasteiger partial charge in [0.05, 0.1) is 11.7 Å². The van der Waals surface area contributed by atoms with Gasteiger partial charge in [-0.1, -0.05) is 6.92 Å². The highest BCUT2D eigenvalue weighted by Crippen LogP contribution is 2.34. The summed E-state index contributed by atoms with van der Waals surface area (Å²) in [6.07, 6.45) is 5.12. The van der Waals surface area contributed by atoms with Crippen molar-refractivity contribution in [2.75, 3.05) is 13.1 Å². The Kier molecular flexibility index (Phi) is 3.59. The Bertz CT molecular complexity index is 497. The molecule has 1 N–H and O–H groups in total. The van der Waals surface area contributed by atoms with Crippen molar-refractivity contribution < 1.29 is 14.7 Å². The molecule has 1 aliphatic rings. The topological polar surface area (TPSA) is 75.4 Å². The number of carboxylic acid groups (broad SMARTS) is 1. The first-order valence-corrected chi connectivity index (χ1v) is 6.49. The molecule has 0 aromatic carbocycles. The highest BCUT2D eigenvalue weighted by atomic mass is 16.4. The Hall–Kier alpha value is -1.85. The average molecular weight is 265 g/mol. The largest absolute Gasteiger partial charge is 0.481 e. The predicted molar refractivity (Wildman–Crippen MR) is 68.7 cm³/mol. The first kappa shape index (κ1) is 13.6. The number of imidazole rings is 1. The minimum atomic E-state index is -0.812. The zero-order valence-electron chi connectivity index (χ0n) is 11.3. The lowest BCUT2D eigenvalue weighted by molar-refractivity contribution is -0.152. The van der Waals surface area contributed by atoms with Gasteiger partial charge < -0.3 is 14.6 Å². The number of nitrogens with zero attached hydrogens (tertiary/aromatic N) is 3. The maximum Gasteiger partial charge on any atom is 0.311 e. The monoisotopic (exact) mass is 265 g/mol. The fourth-order valence-corrected chi connectivity index (χ4v) is 2.60. The Morgan fingerprint density at radius 3 is 2.79 bits per heavy atom. The molecule has 19 heavy (non-hydrogen) atoms. The van der Waals surface area contributed by atoms with Crippen molar-refractivity contribution in [2.24, 2.45) is 12.5 Å². The van der Waals surface area contributed by atoms with Gasteiger partial charge in [-0.15, -0.1) is 0 Å². The Labute approximate surface area is 112 Å². The summed E-state index contributed by atoms with van der Waals surface area (Å²) in [4.78, 5) is 29.4. The van der Waals surface area contributed by atoms with Gasteiger partial charge in [0.1, 0.15) is 5.69 Å². The summed E-state index contributed by atoms with van der Waals surface area (Å²) in [7, 11) is 1.80. The van der Waals surface area contributed by atoms with Gasteiger partial charge in [-0.2, -0.15) is 0 Å². The Balaban J connectivity index is 2.17. The van der Waals surface area contributed by atoms with E-state index in [0.717, 1.165) is 6.42 Å². The summed E-state index contributed by atoms with van der Waals surface area (Å²) in [5, 5.41) is 9.41. The standard InChI is InChI=1S/C13H19N3O3/c1-3-13(12(18)19)5-4-6-16(8-13)11(17)10-7-15(2)9-14-10/h7,9H,3-6,8H2,1-2H3,(H,18,19). The van der Waals surface area contributed by atoms with Crippen LogP contribution in [-0.4, -0.2) is 44.5 Å². The second kappa shape index (κ2) is 5.03. The van der Waals surface area contributed by atoms with Gasteiger partial charge >= 0.3 is 5.97 Å². The van der Waals surface area contributed by atoms with Crippen LogP contribution < -0.4 is 0 Å². The van der Waals surface area contributed by atoms with Crippen LogP contribution in [0.4, 0.5) is 0 Å². The third-order valence-corrected chi connectivity index (χ3v) is 3.92. The maximum atomic E-state index is 12.3. The Morgan fingerprint density at radius 2 is 2.26 bits per heavy atom. The molecule has 1 atom stereocenters. The number of carbonyl (C=O) groups is 2. The number of carboxylic acids is 1. The molecule has 6 heteroatoms. The second-order valence-electron chi connectivity index (χ2n) is 5.19. The molecule has 0 bridgehead atoms. The van der Waals surface area contributed by atoms with Gasteiger partial charge in [0, 0.05) is 26.3 Å². The molecular weight excluding hydrogens is 246 g/mol. The molecule has 1 saturated heterocycles. The minimum Gasteiger partial charge on any atom is -0.481 e. The van der Waals surface area contributed by atoms with Gasteiger partial charge in [0.2, 0.25) is 0 Å². The van der Waals surface area contributed by atoms with Crippen LogP contribution in [0.1, 0.15) is 36.7 Å². The maximum absolute atomic E-state index is 12.3. The molecule has 1 aromatic rings. The van der Waals surface area contributed by atoms with Crippen LogP contribution in [0.15, 0.2) is 12.5 Å². The number of amides is 1. The molecule has 0 spiro atoms. The lowest BCUT2D eigenvalue weighted by Gasteiger charge is -2.39. The first-order valence-electron chi connectivity index (χ1n) is 6.49. The zero-order valence-corrected chi connectivity index (χ0v) is 11.3. The summed E-state index contributed by atoms with van der Waals surface area (Å²) in [6.45, 7) is 2.74. The number of aryl methyl sites for hydroxylation is 1. The van der Waals surface area contributed by atoms with Crippen molar-refractivity contribution in [3.63, 3.8) is 0 Å². The van der Waals surface area contributed by atoms with Crippen LogP contribution in [0.3, 0.4) is 0 Å². The summed E-state index contributed by atoms with van der Waals surface area (Å²) >= 11 is 0. The number of rotatable bonds is 3. The van der Waals surface area contributed by atoms with Crippen LogP contribution >= 0.6 is 0 Å². The van der Waals surface area contributed by atoms with Crippen LogP contribution in [0.25, 0.3) is 0 Å². The van der Waals surface area contributed by atoms with Gasteiger partial charge in [-0.3, -0.25) is 9.59 Å². The van der Waals surface area contributed by atoms with E-state index < -0.39 is 11.4 Å². The van der Waals surface area contributed by atoms with E-state index in [9.17, 15) is 14.7 Å². The number of likely N-dealkylation sites (tertiary alicyclic amines) is 1. The zero-order chi connectivity index (χ0) is 14.0. The van der Waals surface area contributed by atoms with Crippen LogP contribution in [0, 0.1) is 5.41 Å². The lowest BCUT2D eigenvalue weighted by Crippen LogP contribution is -2.49. The smallest absolute Gasteiger partial charge is 0.311 e. The number of aliphatic carboxylic acids is 1. The lowest BCUT2D eigenvalue weighted by atomic mass is 9.77. The molecule has 1 aromatic heterocycles. The molecule has 1 unspecified atom stereocenters. The highest BCUT2D eigenvalue weighted by molar-refractivity contribution is 5.92. The van der Waals surface area contributed by atoms with Crippen LogP contribution in [0.5, 0.6) is 0 Å². The molecule has 1 fully saturated rings. The van der Waals surface area contributed by atoms with Gasteiger partial charge in [-0.05, 0) is 19.3 Å². The molecule has 6 nitrogen and oxygen atoms in total. The molecule has 104 valence electrons. The summed E-state index contributed by atoms with van der Waals surface area (Å²) in [5.74, 6) is -0.993. The van der Waals surface area contributed by atoms with Crippen molar-refractivity contribution in [1.82, 2.24) is 14.5 Å². The van der Waals surface area contributed by atoms with Crippen molar-refractivity contribution in [2.45, 2.75) is 26.2 Å². The number of aromatic nitrogens is 2. The number of carbonyl (C=O) groups excluding carboxylic acids is 1. The summed E-state index contributed by atoms with van der Waals surface area (Å²) in [5.41, 5.74) is -0.428. The number of piperidine rings is 1. The van der Waals surface area contributed by atoms with E-state index in [1.54, 1.807) is 29.0 Å². The molecule has 2 rings (SSSR count).